The molecule has 66 valence electrons. The fraction of sp³-hybridized carbons (Fsp3) is 0.625. The molecule has 4 heteroatoms. The molecule has 4 N–H and O–H groups in total. The summed E-state index contributed by atoms with van der Waals surface area (Å²) < 4.78 is 0. The lowest BCUT2D eigenvalue weighted by atomic mass is 10.2. The molecule has 0 atom stereocenters. The topological polar surface area (TPSA) is 66.7 Å². The van der Waals surface area contributed by atoms with Crippen LogP contribution in [0.4, 0.5) is 11.5 Å². The monoisotopic (exact) mass is 166 g/mol. The lowest BCUT2D eigenvalue weighted by Gasteiger charge is -2.11. The average Bonchev–Trinajstić information content (AvgIpc) is 2.65. The Labute approximate surface area is 71.5 Å². The maximum Gasteiger partial charge on any atom is 0.142 e. The molecular weight excluding hydrogens is 152 g/mol. The van der Waals surface area contributed by atoms with Crippen molar-refractivity contribution in [2.45, 2.75) is 31.7 Å². The first kappa shape index (κ1) is 7.46. The molecule has 2 rings (SSSR count). The van der Waals surface area contributed by atoms with E-state index in [0.29, 0.717) is 11.9 Å². The summed E-state index contributed by atoms with van der Waals surface area (Å²) in [5.74, 6) is 0.641. The Hall–Kier alpha value is -1.19. The van der Waals surface area contributed by atoms with Crippen LogP contribution >= 0.6 is 0 Å². The number of hydrogen-bond donors (Lipinski definition) is 3. The second kappa shape index (κ2) is 3.05. The van der Waals surface area contributed by atoms with Crippen LogP contribution in [0.3, 0.4) is 0 Å². The van der Waals surface area contributed by atoms with Gasteiger partial charge in [-0.1, -0.05) is 12.8 Å². The first-order chi connectivity index (χ1) is 5.86. The zero-order chi connectivity index (χ0) is 8.39. The molecule has 0 aromatic carbocycles. The molecule has 0 amide bonds. The van der Waals surface area contributed by atoms with Crippen LogP contribution in [0.2, 0.25) is 0 Å². The zero-order valence-corrected chi connectivity index (χ0v) is 7.01. The summed E-state index contributed by atoms with van der Waals surface area (Å²) in [6.07, 6.45) is 6.91. The van der Waals surface area contributed by atoms with Gasteiger partial charge in [0.05, 0.1) is 11.9 Å². The van der Waals surface area contributed by atoms with Crippen molar-refractivity contribution in [2.75, 3.05) is 11.1 Å². The Morgan fingerprint density at radius 2 is 2.25 bits per heavy atom. The van der Waals surface area contributed by atoms with E-state index >= 15 is 0 Å². The third kappa shape index (κ3) is 1.37. The van der Waals surface area contributed by atoms with E-state index in [-0.39, 0.29) is 0 Å². The molecule has 0 spiro atoms. The fourth-order valence-corrected chi connectivity index (χ4v) is 1.70. The average molecular weight is 166 g/mol. The molecule has 1 aliphatic carbocycles. The second-order valence-electron chi connectivity index (χ2n) is 3.32. The third-order valence-electron chi connectivity index (χ3n) is 2.38. The lowest BCUT2D eigenvalue weighted by molar-refractivity contribution is 0.756. The van der Waals surface area contributed by atoms with Gasteiger partial charge in [-0.25, -0.2) is 0 Å². The van der Waals surface area contributed by atoms with E-state index in [1.54, 1.807) is 6.20 Å². The number of nitrogen functional groups attached to an aromatic ring is 1. The van der Waals surface area contributed by atoms with Gasteiger partial charge in [-0.05, 0) is 12.8 Å². The zero-order valence-electron chi connectivity index (χ0n) is 7.01. The standard InChI is InChI=1S/C8H14N4/c9-8-7(5-10-12-8)11-6-3-1-2-4-6/h5-6,11H,1-4H2,(H3,9,10,12). The number of hydrogen-bond acceptors (Lipinski definition) is 3. The number of nitrogens with zero attached hydrogens (tertiary/aromatic N) is 1. The molecule has 1 saturated carbocycles. The number of rotatable bonds is 2. The summed E-state index contributed by atoms with van der Waals surface area (Å²) in [7, 11) is 0. The van der Waals surface area contributed by atoms with Crippen molar-refractivity contribution in [3.05, 3.63) is 6.20 Å². The smallest absolute Gasteiger partial charge is 0.142 e. The summed E-state index contributed by atoms with van der Waals surface area (Å²) >= 11 is 0. The van der Waals surface area contributed by atoms with Crippen LogP contribution in [0.1, 0.15) is 25.7 Å². The summed E-state index contributed by atoms with van der Waals surface area (Å²) in [5, 5.41) is 9.93. The highest BCUT2D eigenvalue weighted by Gasteiger charge is 2.15. The quantitative estimate of drug-likeness (QED) is 0.621. The number of aromatic nitrogens is 2. The molecule has 1 aliphatic rings. The van der Waals surface area contributed by atoms with Crippen LogP contribution in [-0.4, -0.2) is 16.2 Å². The van der Waals surface area contributed by atoms with Crippen molar-refractivity contribution >= 4 is 11.5 Å². The largest absolute Gasteiger partial charge is 0.382 e. The van der Waals surface area contributed by atoms with E-state index in [0.717, 1.165) is 5.69 Å². The van der Waals surface area contributed by atoms with E-state index in [1.807, 2.05) is 0 Å². The molecule has 1 aromatic heterocycles. The van der Waals surface area contributed by atoms with Gasteiger partial charge in [0, 0.05) is 6.04 Å². The normalized spacial score (nSPS) is 18.3. The van der Waals surface area contributed by atoms with Gasteiger partial charge in [-0.15, -0.1) is 0 Å². The number of aromatic amines is 1. The lowest BCUT2D eigenvalue weighted by Crippen LogP contribution is -2.14. The third-order valence-corrected chi connectivity index (χ3v) is 2.38. The van der Waals surface area contributed by atoms with E-state index in [4.69, 9.17) is 5.73 Å². The summed E-state index contributed by atoms with van der Waals surface area (Å²) in [4.78, 5) is 0. The van der Waals surface area contributed by atoms with Gasteiger partial charge in [0.25, 0.3) is 0 Å². The number of nitrogens with two attached hydrogens (primary N) is 1. The molecule has 1 aromatic rings. The Kier molecular flexibility index (Phi) is 1.89. The van der Waals surface area contributed by atoms with Crippen LogP contribution in [-0.2, 0) is 0 Å². The molecule has 12 heavy (non-hydrogen) atoms. The molecule has 0 aliphatic heterocycles. The van der Waals surface area contributed by atoms with E-state index in [1.165, 1.54) is 25.7 Å². The first-order valence-corrected chi connectivity index (χ1v) is 4.41. The minimum atomic E-state index is 0.602. The minimum absolute atomic E-state index is 0.602. The maximum atomic E-state index is 5.64. The van der Waals surface area contributed by atoms with Crippen LogP contribution in [0.25, 0.3) is 0 Å². The van der Waals surface area contributed by atoms with Gasteiger partial charge in [0.2, 0.25) is 0 Å². The molecule has 1 fully saturated rings. The van der Waals surface area contributed by atoms with E-state index < -0.39 is 0 Å². The van der Waals surface area contributed by atoms with Gasteiger partial charge in [0.15, 0.2) is 0 Å². The molecule has 0 saturated heterocycles. The van der Waals surface area contributed by atoms with Crippen molar-refractivity contribution in [3.8, 4) is 0 Å². The van der Waals surface area contributed by atoms with Crippen LogP contribution in [0.15, 0.2) is 6.20 Å². The van der Waals surface area contributed by atoms with Crippen LogP contribution in [0, 0.1) is 0 Å². The maximum absolute atomic E-state index is 5.64. The summed E-state index contributed by atoms with van der Waals surface area (Å²) in [6, 6.07) is 0.602. The number of H-pyrrole nitrogens is 1. The Morgan fingerprint density at radius 3 is 2.83 bits per heavy atom. The fourth-order valence-electron chi connectivity index (χ4n) is 1.70. The van der Waals surface area contributed by atoms with Crippen molar-refractivity contribution < 1.29 is 0 Å². The van der Waals surface area contributed by atoms with Gasteiger partial charge in [-0.2, -0.15) is 5.10 Å². The number of anilines is 2. The van der Waals surface area contributed by atoms with Crippen molar-refractivity contribution in [3.63, 3.8) is 0 Å². The van der Waals surface area contributed by atoms with Gasteiger partial charge >= 0.3 is 0 Å². The Balaban J connectivity index is 1.98. The van der Waals surface area contributed by atoms with Crippen molar-refractivity contribution in [1.29, 1.82) is 0 Å². The molecule has 0 bridgehead atoms. The predicted octanol–water partition coefficient (Wildman–Crippen LogP) is 1.35. The second-order valence-corrected chi connectivity index (χ2v) is 3.32. The van der Waals surface area contributed by atoms with Crippen molar-refractivity contribution in [1.82, 2.24) is 10.2 Å². The first-order valence-electron chi connectivity index (χ1n) is 4.41. The molecule has 1 heterocycles. The van der Waals surface area contributed by atoms with Gasteiger partial charge in [0.1, 0.15) is 5.82 Å². The minimum Gasteiger partial charge on any atom is -0.382 e. The Bertz CT molecular complexity index is 249. The molecular formula is C8H14N4. The summed E-state index contributed by atoms with van der Waals surface area (Å²) in [6.45, 7) is 0. The van der Waals surface area contributed by atoms with Crippen LogP contribution < -0.4 is 11.1 Å². The Morgan fingerprint density at radius 1 is 1.50 bits per heavy atom. The summed E-state index contributed by atoms with van der Waals surface area (Å²) in [5.41, 5.74) is 6.58. The number of nitrogens with one attached hydrogen (secondary N) is 2. The molecule has 4 nitrogen and oxygen atoms in total. The molecule has 0 radical (unpaired) electrons. The van der Waals surface area contributed by atoms with E-state index in [2.05, 4.69) is 15.5 Å². The van der Waals surface area contributed by atoms with Gasteiger partial charge < -0.3 is 11.1 Å². The molecule has 0 unspecified atom stereocenters. The van der Waals surface area contributed by atoms with Crippen molar-refractivity contribution in [2.24, 2.45) is 0 Å². The van der Waals surface area contributed by atoms with Crippen LogP contribution in [0.5, 0.6) is 0 Å². The van der Waals surface area contributed by atoms with Gasteiger partial charge in [-0.3, -0.25) is 5.10 Å². The highest BCUT2D eigenvalue weighted by atomic mass is 15.2. The highest BCUT2D eigenvalue weighted by molar-refractivity contribution is 5.60. The SMILES string of the molecule is Nc1[nH]ncc1NC1CCCC1. The predicted molar refractivity (Wildman–Crippen MR) is 48.9 cm³/mol. The van der Waals surface area contributed by atoms with E-state index in [9.17, 15) is 0 Å². The highest BCUT2D eigenvalue weighted by Crippen LogP contribution is 2.23.